The summed E-state index contributed by atoms with van der Waals surface area (Å²) in [5.74, 6) is -0.362. The SMILES string of the molecule is CNC(=O)C(C)CN(C)C(=O)C1CCC(CN)O1. The van der Waals surface area contributed by atoms with Crippen molar-refractivity contribution in [3.05, 3.63) is 0 Å². The Labute approximate surface area is 108 Å². The fraction of sp³-hybridized carbons (Fsp3) is 0.833. The van der Waals surface area contributed by atoms with Crippen molar-refractivity contribution < 1.29 is 14.3 Å². The number of carbonyl (C=O) groups excluding carboxylic acids is 2. The van der Waals surface area contributed by atoms with Crippen LogP contribution in [-0.4, -0.2) is 56.1 Å². The molecule has 0 radical (unpaired) electrons. The molecule has 1 aliphatic rings. The van der Waals surface area contributed by atoms with Crippen molar-refractivity contribution in [2.24, 2.45) is 11.7 Å². The Kier molecular flexibility index (Phi) is 5.55. The van der Waals surface area contributed by atoms with Gasteiger partial charge in [-0.1, -0.05) is 6.92 Å². The summed E-state index contributed by atoms with van der Waals surface area (Å²) < 4.78 is 5.55. The van der Waals surface area contributed by atoms with Gasteiger partial charge in [0.25, 0.3) is 5.91 Å². The molecule has 3 unspecified atom stereocenters. The Bertz CT molecular complexity index is 309. The zero-order valence-electron chi connectivity index (χ0n) is 11.3. The molecule has 18 heavy (non-hydrogen) atoms. The van der Waals surface area contributed by atoms with Crippen molar-refractivity contribution >= 4 is 11.8 Å². The van der Waals surface area contributed by atoms with E-state index < -0.39 is 6.10 Å². The largest absolute Gasteiger partial charge is 0.364 e. The fourth-order valence-electron chi connectivity index (χ4n) is 2.14. The molecule has 3 atom stereocenters. The monoisotopic (exact) mass is 257 g/mol. The maximum Gasteiger partial charge on any atom is 0.251 e. The quantitative estimate of drug-likeness (QED) is 0.684. The summed E-state index contributed by atoms with van der Waals surface area (Å²) in [5, 5.41) is 2.57. The first-order valence-electron chi connectivity index (χ1n) is 6.31. The molecule has 1 rings (SSSR count). The van der Waals surface area contributed by atoms with Gasteiger partial charge in [0.2, 0.25) is 5.91 Å². The molecule has 1 fully saturated rings. The van der Waals surface area contributed by atoms with Gasteiger partial charge in [0.05, 0.1) is 12.0 Å². The fourth-order valence-corrected chi connectivity index (χ4v) is 2.14. The van der Waals surface area contributed by atoms with Gasteiger partial charge in [-0.05, 0) is 12.8 Å². The van der Waals surface area contributed by atoms with Crippen molar-refractivity contribution in [1.29, 1.82) is 0 Å². The maximum atomic E-state index is 12.1. The third-order valence-corrected chi connectivity index (χ3v) is 3.26. The molecule has 6 heteroatoms. The van der Waals surface area contributed by atoms with Gasteiger partial charge in [-0.25, -0.2) is 0 Å². The highest BCUT2D eigenvalue weighted by molar-refractivity contribution is 5.82. The van der Waals surface area contributed by atoms with E-state index in [1.54, 1.807) is 25.9 Å². The van der Waals surface area contributed by atoms with Crippen LogP contribution < -0.4 is 11.1 Å². The number of likely N-dealkylation sites (N-methyl/N-ethyl adjacent to an activating group) is 1. The van der Waals surface area contributed by atoms with E-state index in [-0.39, 0.29) is 23.8 Å². The Morgan fingerprint density at radius 3 is 2.67 bits per heavy atom. The minimum Gasteiger partial charge on any atom is -0.364 e. The van der Waals surface area contributed by atoms with Crippen LogP contribution in [0.4, 0.5) is 0 Å². The first kappa shape index (κ1) is 14.9. The second kappa shape index (κ2) is 6.70. The molecule has 0 aromatic rings. The lowest BCUT2D eigenvalue weighted by Gasteiger charge is -2.23. The van der Waals surface area contributed by atoms with Crippen LogP contribution in [-0.2, 0) is 14.3 Å². The second-order valence-electron chi connectivity index (χ2n) is 4.79. The lowest BCUT2D eigenvalue weighted by molar-refractivity contribution is -0.142. The normalized spacial score (nSPS) is 24.7. The Balaban J connectivity index is 2.44. The molecule has 2 amide bonds. The van der Waals surface area contributed by atoms with Crippen LogP contribution in [0.1, 0.15) is 19.8 Å². The number of hydrogen-bond donors (Lipinski definition) is 2. The van der Waals surface area contributed by atoms with Crippen LogP contribution >= 0.6 is 0 Å². The number of amides is 2. The van der Waals surface area contributed by atoms with Crippen molar-refractivity contribution in [2.75, 3.05) is 27.2 Å². The number of ether oxygens (including phenoxy) is 1. The molecule has 6 nitrogen and oxygen atoms in total. The predicted molar refractivity (Wildman–Crippen MR) is 67.8 cm³/mol. The highest BCUT2D eigenvalue weighted by Crippen LogP contribution is 2.20. The van der Waals surface area contributed by atoms with E-state index in [2.05, 4.69) is 5.32 Å². The molecular formula is C12H23N3O3. The highest BCUT2D eigenvalue weighted by atomic mass is 16.5. The minimum atomic E-state index is -0.402. The number of hydrogen-bond acceptors (Lipinski definition) is 4. The molecule has 0 aromatic heterocycles. The summed E-state index contributed by atoms with van der Waals surface area (Å²) in [6, 6.07) is 0. The molecule has 104 valence electrons. The topological polar surface area (TPSA) is 84.7 Å². The molecule has 0 spiro atoms. The number of nitrogens with zero attached hydrogens (tertiary/aromatic N) is 1. The van der Waals surface area contributed by atoms with E-state index in [9.17, 15) is 9.59 Å². The van der Waals surface area contributed by atoms with E-state index in [1.807, 2.05) is 0 Å². The molecule has 3 N–H and O–H groups in total. The average Bonchev–Trinajstić information content (AvgIpc) is 2.85. The zero-order valence-corrected chi connectivity index (χ0v) is 11.3. The molecule has 1 heterocycles. The second-order valence-corrected chi connectivity index (χ2v) is 4.79. The van der Waals surface area contributed by atoms with Crippen LogP contribution in [0.2, 0.25) is 0 Å². The smallest absolute Gasteiger partial charge is 0.251 e. The summed E-state index contributed by atoms with van der Waals surface area (Å²) >= 11 is 0. The molecule has 0 bridgehead atoms. The number of nitrogens with one attached hydrogen (secondary N) is 1. The lowest BCUT2D eigenvalue weighted by Crippen LogP contribution is -2.42. The summed E-state index contributed by atoms with van der Waals surface area (Å²) in [5.41, 5.74) is 5.51. The molecule has 0 aliphatic carbocycles. The van der Waals surface area contributed by atoms with Gasteiger partial charge in [0, 0.05) is 27.2 Å². The third kappa shape index (κ3) is 3.68. The van der Waals surface area contributed by atoms with E-state index in [1.165, 1.54) is 0 Å². The standard InChI is InChI=1S/C12H23N3O3/c1-8(11(16)14-2)7-15(3)12(17)10-5-4-9(6-13)18-10/h8-10H,4-7,13H2,1-3H3,(H,14,16). The number of carbonyl (C=O) groups is 2. The number of rotatable bonds is 5. The van der Waals surface area contributed by atoms with Crippen LogP contribution in [0, 0.1) is 5.92 Å². The third-order valence-electron chi connectivity index (χ3n) is 3.26. The van der Waals surface area contributed by atoms with Crippen molar-refractivity contribution in [3.63, 3.8) is 0 Å². The molecule has 1 saturated heterocycles. The van der Waals surface area contributed by atoms with Gasteiger partial charge in [-0.3, -0.25) is 9.59 Å². The highest BCUT2D eigenvalue weighted by Gasteiger charge is 2.32. The van der Waals surface area contributed by atoms with E-state index in [0.717, 1.165) is 6.42 Å². The van der Waals surface area contributed by atoms with Crippen LogP contribution in [0.3, 0.4) is 0 Å². The Hall–Kier alpha value is -1.14. The van der Waals surface area contributed by atoms with Crippen molar-refractivity contribution in [1.82, 2.24) is 10.2 Å². The van der Waals surface area contributed by atoms with Crippen molar-refractivity contribution in [2.45, 2.75) is 32.0 Å². The van der Waals surface area contributed by atoms with E-state index in [4.69, 9.17) is 10.5 Å². The number of nitrogens with two attached hydrogens (primary N) is 1. The van der Waals surface area contributed by atoms with Gasteiger partial charge in [-0.15, -0.1) is 0 Å². The Morgan fingerprint density at radius 1 is 1.50 bits per heavy atom. The summed E-state index contributed by atoms with van der Waals surface area (Å²) in [6.45, 7) is 2.63. The van der Waals surface area contributed by atoms with Gasteiger partial charge in [0.1, 0.15) is 6.10 Å². The maximum absolute atomic E-state index is 12.1. The first-order chi connectivity index (χ1) is 8.49. The van der Waals surface area contributed by atoms with Gasteiger partial charge in [0.15, 0.2) is 0 Å². The van der Waals surface area contributed by atoms with Crippen LogP contribution in [0.5, 0.6) is 0 Å². The van der Waals surface area contributed by atoms with Gasteiger partial charge >= 0.3 is 0 Å². The molecule has 0 saturated carbocycles. The molecule has 0 aromatic carbocycles. The van der Waals surface area contributed by atoms with Crippen LogP contribution in [0.25, 0.3) is 0 Å². The average molecular weight is 257 g/mol. The predicted octanol–water partition coefficient (Wildman–Crippen LogP) is -0.667. The Morgan fingerprint density at radius 2 is 2.17 bits per heavy atom. The van der Waals surface area contributed by atoms with Crippen molar-refractivity contribution in [3.8, 4) is 0 Å². The first-order valence-corrected chi connectivity index (χ1v) is 6.31. The minimum absolute atomic E-state index is 0.0105. The lowest BCUT2D eigenvalue weighted by atomic mass is 10.1. The van der Waals surface area contributed by atoms with Crippen LogP contribution in [0.15, 0.2) is 0 Å². The van der Waals surface area contributed by atoms with E-state index >= 15 is 0 Å². The zero-order chi connectivity index (χ0) is 13.7. The summed E-state index contributed by atoms with van der Waals surface area (Å²) in [7, 11) is 3.29. The van der Waals surface area contributed by atoms with Gasteiger partial charge in [-0.2, -0.15) is 0 Å². The summed E-state index contributed by atoms with van der Waals surface area (Å²) in [6.07, 6.45) is 1.12. The summed E-state index contributed by atoms with van der Waals surface area (Å²) in [4.78, 5) is 25.0. The van der Waals surface area contributed by atoms with E-state index in [0.29, 0.717) is 19.5 Å². The molecule has 1 aliphatic heterocycles. The van der Waals surface area contributed by atoms with Gasteiger partial charge < -0.3 is 20.7 Å². The molecular weight excluding hydrogens is 234 g/mol.